The van der Waals surface area contributed by atoms with E-state index >= 15 is 0 Å². The van der Waals surface area contributed by atoms with Gasteiger partial charge in [0.25, 0.3) is 0 Å². The maximum absolute atomic E-state index is 8.16. The fourth-order valence-corrected chi connectivity index (χ4v) is 2.46. The average molecular weight is 297 g/mol. The lowest BCUT2D eigenvalue weighted by Crippen LogP contribution is -2.11. The standard InChI is InChI=1S/C18H23N3O/c1-14(16-7-3-4-8-17(16)22-2)13-15(19)10-12-21-18-9-5-6-11-20-18/h3-9,11,14,19H,10,12-13H2,1-2H3,(H,20,21). The van der Waals surface area contributed by atoms with Gasteiger partial charge in [-0.3, -0.25) is 0 Å². The van der Waals surface area contributed by atoms with E-state index in [2.05, 4.69) is 23.3 Å². The molecule has 2 rings (SSSR count). The molecular weight excluding hydrogens is 274 g/mol. The molecule has 1 unspecified atom stereocenters. The normalized spacial score (nSPS) is 11.7. The molecule has 1 aromatic carbocycles. The number of nitrogens with one attached hydrogen (secondary N) is 2. The van der Waals surface area contributed by atoms with E-state index in [1.54, 1.807) is 13.3 Å². The maximum atomic E-state index is 8.16. The fraction of sp³-hybridized carbons (Fsp3) is 0.333. The molecule has 0 bridgehead atoms. The number of hydrogen-bond donors (Lipinski definition) is 2. The molecule has 0 aliphatic carbocycles. The van der Waals surface area contributed by atoms with Gasteiger partial charge in [-0.15, -0.1) is 0 Å². The molecule has 0 saturated carbocycles. The molecule has 2 N–H and O–H groups in total. The molecule has 0 fully saturated rings. The van der Waals surface area contributed by atoms with E-state index in [1.165, 1.54) is 0 Å². The molecule has 0 aliphatic heterocycles. The van der Waals surface area contributed by atoms with Crippen LogP contribution in [0.1, 0.15) is 31.2 Å². The van der Waals surface area contributed by atoms with Crippen molar-refractivity contribution in [2.45, 2.75) is 25.7 Å². The lowest BCUT2D eigenvalue weighted by Gasteiger charge is -2.16. The molecule has 2 aromatic rings. The first-order valence-corrected chi connectivity index (χ1v) is 7.55. The van der Waals surface area contributed by atoms with Crippen LogP contribution in [0.4, 0.5) is 5.82 Å². The van der Waals surface area contributed by atoms with E-state index < -0.39 is 0 Å². The molecule has 0 saturated heterocycles. The minimum atomic E-state index is 0.276. The Kier molecular flexibility index (Phi) is 5.95. The number of nitrogens with zero attached hydrogens (tertiary/aromatic N) is 1. The van der Waals surface area contributed by atoms with Gasteiger partial charge in [-0.2, -0.15) is 0 Å². The number of hydrogen-bond acceptors (Lipinski definition) is 4. The number of aromatic nitrogens is 1. The van der Waals surface area contributed by atoms with Gasteiger partial charge in [-0.25, -0.2) is 4.98 Å². The van der Waals surface area contributed by atoms with Gasteiger partial charge < -0.3 is 15.5 Å². The second-order valence-electron chi connectivity index (χ2n) is 5.34. The summed E-state index contributed by atoms with van der Waals surface area (Å²) >= 11 is 0. The van der Waals surface area contributed by atoms with Crippen molar-refractivity contribution < 1.29 is 4.74 Å². The monoisotopic (exact) mass is 297 g/mol. The third-order valence-corrected chi connectivity index (χ3v) is 3.62. The summed E-state index contributed by atoms with van der Waals surface area (Å²) in [6, 6.07) is 13.8. The first-order chi connectivity index (χ1) is 10.7. The Morgan fingerprint density at radius 2 is 2.00 bits per heavy atom. The molecular formula is C18H23N3O. The van der Waals surface area contributed by atoms with Crippen LogP contribution in [-0.4, -0.2) is 24.4 Å². The van der Waals surface area contributed by atoms with Crippen LogP contribution in [0.25, 0.3) is 0 Å². The zero-order valence-electron chi connectivity index (χ0n) is 13.2. The molecule has 0 spiro atoms. The first kappa shape index (κ1) is 16.0. The number of pyridine rings is 1. The van der Waals surface area contributed by atoms with Crippen molar-refractivity contribution in [1.82, 2.24) is 4.98 Å². The summed E-state index contributed by atoms with van der Waals surface area (Å²) in [6.07, 6.45) is 3.22. The van der Waals surface area contributed by atoms with Gasteiger partial charge >= 0.3 is 0 Å². The third kappa shape index (κ3) is 4.58. The minimum Gasteiger partial charge on any atom is -0.496 e. The molecule has 116 valence electrons. The minimum absolute atomic E-state index is 0.276. The largest absolute Gasteiger partial charge is 0.496 e. The van der Waals surface area contributed by atoms with Crippen molar-refractivity contribution in [3.05, 3.63) is 54.2 Å². The smallest absolute Gasteiger partial charge is 0.125 e. The van der Waals surface area contributed by atoms with Crippen molar-refractivity contribution in [1.29, 1.82) is 5.41 Å². The van der Waals surface area contributed by atoms with E-state index in [0.29, 0.717) is 0 Å². The Balaban J connectivity index is 1.81. The van der Waals surface area contributed by atoms with Gasteiger partial charge in [0.05, 0.1) is 7.11 Å². The highest BCUT2D eigenvalue weighted by Crippen LogP contribution is 2.28. The molecule has 0 amide bonds. The van der Waals surface area contributed by atoms with E-state index in [9.17, 15) is 0 Å². The summed E-state index contributed by atoms with van der Waals surface area (Å²) in [6.45, 7) is 2.87. The Labute approximate surface area is 132 Å². The van der Waals surface area contributed by atoms with E-state index in [0.717, 1.165) is 42.2 Å². The van der Waals surface area contributed by atoms with Crippen molar-refractivity contribution in [3.8, 4) is 5.75 Å². The SMILES string of the molecule is COc1ccccc1C(C)CC(=N)CCNc1ccccn1. The maximum Gasteiger partial charge on any atom is 0.125 e. The molecule has 1 atom stereocenters. The molecule has 4 nitrogen and oxygen atoms in total. The van der Waals surface area contributed by atoms with Crippen LogP contribution in [0.3, 0.4) is 0 Å². The van der Waals surface area contributed by atoms with Crippen molar-refractivity contribution >= 4 is 11.5 Å². The summed E-state index contributed by atoms with van der Waals surface area (Å²) in [4.78, 5) is 4.21. The van der Waals surface area contributed by atoms with Crippen LogP contribution >= 0.6 is 0 Å². The molecule has 1 heterocycles. The predicted octanol–water partition coefficient (Wildman–Crippen LogP) is 4.11. The zero-order valence-corrected chi connectivity index (χ0v) is 13.2. The van der Waals surface area contributed by atoms with E-state index in [4.69, 9.17) is 10.1 Å². The summed E-state index contributed by atoms with van der Waals surface area (Å²) in [5.74, 6) is 2.03. The number of rotatable bonds is 8. The van der Waals surface area contributed by atoms with Crippen LogP contribution in [0, 0.1) is 5.41 Å². The third-order valence-electron chi connectivity index (χ3n) is 3.62. The molecule has 0 aliphatic rings. The van der Waals surface area contributed by atoms with Crippen LogP contribution in [-0.2, 0) is 0 Å². The van der Waals surface area contributed by atoms with Crippen LogP contribution in [0.2, 0.25) is 0 Å². The Hall–Kier alpha value is -2.36. The number of benzene rings is 1. The van der Waals surface area contributed by atoms with Gasteiger partial charge in [0.15, 0.2) is 0 Å². The van der Waals surface area contributed by atoms with Gasteiger partial charge in [-0.05, 0) is 36.1 Å². The Morgan fingerprint density at radius 3 is 2.73 bits per heavy atom. The highest BCUT2D eigenvalue weighted by Gasteiger charge is 2.12. The summed E-state index contributed by atoms with van der Waals surface area (Å²) in [7, 11) is 1.69. The van der Waals surface area contributed by atoms with Crippen LogP contribution < -0.4 is 10.1 Å². The number of anilines is 1. The lowest BCUT2D eigenvalue weighted by molar-refractivity contribution is 0.407. The number of methoxy groups -OCH3 is 1. The second kappa shape index (κ2) is 8.17. The fourth-order valence-electron chi connectivity index (χ4n) is 2.46. The Bertz CT molecular complexity index is 598. The van der Waals surface area contributed by atoms with Gasteiger partial charge in [0, 0.05) is 24.9 Å². The lowest BCUT2D eigenvalue weighted by atomic mass is 9.93. The van der Waals surface area contributed by atoms with E-state index in [1.807, 2.05) is 36.4 Å². The van der Waals surface area contributed by atoms with Gasteiger partial charge in [-0.1, -0.05) is 31.2 Å². The molecule has 4 heteroatoms. The van der Waals surface area contributed by atoms with Crippen LogP contribution in [0.5, 0.6) is 5.75 Å². The predicted molar refractivity (Wildman–Crippen MR) is 91.1 cm³/mol. The topological polar surface area (TPSA) is 58.0 Å². The summed E-state index contributed by atoms with van der Waals surface area (Å²) in [5.41, 5.74) is 1.90. The van der Waals surface area contributed by atoms with Crippen molar-refractivity contribution in [3.63, 3.8) is 0 Å². The van der Waals surface area contributed by atoms with Crippen molar-refractivity contribution in [2.75, 3.05) is 19.0 Å². The number of para-hydroxylation sites is 1. The molecule has 1 aromatic heterocycles. The van der Waals surface area contributed by atoms with E-state index in [-0.39, 0.29) is 5.92 Å². The molecule has 0 radical (unpaired) electrons. The highest BCUT2D eigenvalue weighted by molar-refractivity contribution is 5.82. The number of ether oxygens (including phenoxy) is 1. The summed E-state index contributed by atoms with van der Waals surface area (Å²) in [5, 5.41) is 11.4. The zero-order chi connectivity index (χ0) is 15.8. The first-order valence-electron chi connectivity index (χ1n) is 7.55. The second-order valence-corrected chi connectivity index (χ2v) is 5.34. The molecule has 22 heavy (non-hydrogen) atoms. The Morgan fingerprint density at radius 1 is 1.23 bits per heavy atom. The average Bonchev–Trinajstić information content (AvgIpc) is 2.55. The quantitative estimate of drug-likeness (QED) is 0.721. The van der Waals surface area contributed by atoms with Gasteiger partial charge in [0.2, 0.25) is 0 Å². The van der Waals surface area contributed by atoms with Crippen molar-refractivity contribution in [2.24, 2.45) is 0 Å². The van der Waals surface area contributed by atoms with Gasteiger partial charge in [0.1, 0.15) is 11.6 Å². The summed E-state index contributed by atoms with van der Waals surface area (Å²) < 4.78 is 5.40. The highest BCUT2D eigenvalue weighted by atomic mass is 16.5. The van der Waals surface area contributed by atoms with Crippen LogP contribution in [0.15, 0.2) is 48.7 Å².